The number of benzene rings is 2. The molecule has 0 N–H and O–H groups in total. The number of ketones is 1. The van der Waals surface area contributed by atoms with Crippen LogP contribution in [0.15, 0.2) is 42.5 Å². The van der Waals surface area contributed by atoms with Gasteiger partial charge in [0.15, 0.2) is 5.78 Å². The molecule has 0 amide bonds. The largest absolute Gasteiger partial charge is 0.496 e. The van der Waals surface area contributed by atoms with Crippen molar-refractivity contribution in [3.05, 3.63) is 53.6 Å². The van der Waals surface area contributed by atoms with Gasteiger partial charge in [-0.3, -0.25) is 4.79 Å². The predicted molar refractivity (Wildman–Crippen MR) is 73.4 cm³/mol. The van der Waals surface area contributed by atoms with Gasteiger partial charge in [0, 0.05) is 11.1 Å². The van der Waals surface area contributed by atoms with Crippen molar-refractivity contribution < 1.29 is 22.7 Å². The first-order valence-electron chi connectivity index (χ1n) is 6.20. The molecule has 110 valence electrons. The lowest BCUT2D eigenvalue weighted by atomic mass is 9.96. The molecule has 0 heterocycles. The summed E-state index contributed by atoms with van der Waals surface area (Å²) in [6.07, 6.45) is -4.46. The van der Waals surface area contributed by atoms with E-state index in [2.05, 4.69) is 0 Å². The van der Waals surface area contributed by atoms with Crippen LogP contribution in [0.5, 0.6) is 5.75 Å². The molecule has 0 spiro atoms. The fourth-order valence-corrected chi connectivity index (χ4v) is 2.10. The molecule has 0 bridgehead atoms. The van der Waals surface area contributed by atoms with Gasteiger partial charge >= 0.3 is 6.18 Å². The molecule has 0 saturated carbocycles. The normalized spacial score (nSPS) is 11.3. The van der Waals surface area contributed by atoms with Gasteiger partial charge in [-0.05, 0) is 30.7 Å². The third kappa shape index (κ3) is 3.07. The van der Waals surface area contributed by atoms with Gasteiger partial charge < -0.3 is 4.74 Å². The zero-order valence-electron chi connectivity index (χ0n) is 11.5. The first-order chi connectivity index (χ1) is 9.84. The van der Waals surface area contributed by atoms with E-state index < -0.39 is 11.7 Å². The van der Waals surface area contributed by atoms with Crippen molar-refractivity contribution in [2.24, 2.45) is 0 Å². The SMILES string of the molecule is COc1cc(C(C)=O)ccc1-c1ccccc1C(F)(F)F. The zero-order valence-corrected chi connectivity index (χ0v) is 11.5. The summed E-state index contributed by atoms with van der Waals surface area (Å²) < 4.78 is 44.4. The van der Waals surface area contributed by atoms with Gasteiger partial charge in [0.1, 0.15) is 5.75 Å². The Bertz CT molecular complexity index is 675. The van der Waals surface area contributed by atoms with Crippen LogP contribution in [0.3, 0.4) is 0 Å². The Morgan fingerprint density at radius 3 is 2.29 bits per heavy atom. The topological polar surface area (TPSA) is 26.3 Å². The van der Waals surface area contributed by atoms with E-state index in [1.807, 2.05) is 0 Å². The van der Waals surface area contributed by atoms with E-state index in [1.54, 1.807) is 0 Å². The summed E-state index contributed by atoms with van der Waals surface area (Å²) >= 11 is 0. The second kappa shape index (κ2) is 5.60. The molecular weight excluding hydrogens is 281 g/mol. The third-order valence-corrected chi connectivity index (χ3v) is 3.13. The molecule has 2 aromatic rings. The lowest BCUT2D eigenvalue weighted by molar-refractivity contribution is -0.137. The van der Waals surface area contributed by atoms with Gasteiger partial charge in [0.25, 0.3) is 0 Å². The van der Waals surface area contributed by atoms with Gasteiger partial charge in [-0.2, -0.15) is 13.2 Å². The monoisotopic (exact) mass is 294 g/mol. The number of carbonyl (C=O) groups is 1. The predicted octanol–water partition coefficient (Wildman–Crippen LogP) is 4.58. The fourth-order valence-electron chi connectivity index (χ4n) is 2.10. The Morgan fingerprint density at radius 1 is 1.05 bits per heavy atom. The molecule has 0 aromatic heterocycles. The van der Waals surface area contributed by atoms with E-state index in [1.165, 1.54) is 50.4 Å². The summed E-state index contributed by atoms with van der Waals surface area (Å²) in [6.45, 7) is 1.39. The third-order valence-electron chi connectivity index (χ3n) is 3.13. The van der Waals surface area contributed by atoms with Crippen LogP contribution in [0, 0.1) is 0 Å². The fraction of sp³-hybridized carbons (Fsp3) is 0.188. The van der Waals surface area contributed by atoms with Gasteiger partial charge in [-0.25, -0.2) is 0 Å². The lowest BCUT2D eigenvalue weighted by Gasteiger charge is -2.15. The van der Waals surface area contributed by atoms with Crippen molar-refractivity contribution in [2.75, 3.05) is 7.11 Å². The smallest absolute Gasteiger partial charge is 0.417 e. The van der Waals surface area contributed by atoms with Crippen LogP contribution in [-0.2, 0) is 6.18 Å². The maximum absolute atomic E-state index is 13.1. The van der Waals surface area contributed by atoms with Gasteiger partial charge in [0.05, 0.1) is 12.7 Å². The first-order valence-corrected chi connectivity index (χ1v) is 6.20. The highest BCUT2D eigenvalue weighted by molar-refractivity contribution is 5.95. The summed E-state index contributed by atoms with van der Waals surface area (Å²) in [7, 11) is 1.36. The van der Waals surface area contributed by atoms with Crippen LogP contribution in [0.2, 0.25) is 0 Å². The van der Waals surface area contributed by atoms with E-state index in [-0.39, 0.29) is 17.1 Å². The van der Waals surface area contributed by atoms with Crippen molar-refractivity contribution in [1.29, 1.82) is 0 Å². The van der Waals surface area contributed by atoms with Crippen molar-refractivity contribution in [1.82, 2.24) is 0 Å². The summed E-state index contributed by atoms with van der Waals surface area (Å²) in [5.74, 6) is 0.0587. The second-order valence-electron chi connectivity index (χ2n) is 4.51. The Labute approximate surface area is 120 Å². The van der Waals surface area contributed by atoms with E-state index >= 15 is 0 Å². The number of methoxy groups -OCH3 is 1. The van der Waals surface area contributed by atoms with Gasteiger partial charge in [-0.15, -0.1) is 0 Å². The molecule has 0 aliphatic carbocycles. The lowest BCUT2D eigenvalue weighted by Crippen LogP contribution is -2.07. The quantitative estimate of drug-likeness (QED) is 0.774. The van der Waals surface area contributed by atoms with Crippen LogP contribution in [0.25, 0.3) is 11.1 Å². The van der Waals surface area contributed by atoms with Crippen LogP contribution in [-0.4, -0.2) is 12.9 Å². The molecular formula is C16H13F3O2. The Morgan fingerprint density at radius 2 is 1.71 bits per heavy atom. The van der Waals surface area contributed by atoms with E-state index in [9.17, 15) is 18.0 Å². The molecule has 0 radical (unpaired) electrons. The second-order valence-corrected chi connectivity index (χ2v) is 4.51. The number of carbonyl (C=O) groups excluding carboxylic acids is 1. The number of halogens is 3. The van der Waals surface area contributed by atoms with Crippen molar-refractivity contribution in [3.8, 4) is 16.9 Å². The van der Waals surface area contributed by atoms with Crippen molar-refractivity contribution >= 4 is 5.78 Å². The van der Waals surface area contributed by atoms with Gasteiger partial charge in [-0.1, -0.05) is 24.3 Å². The Kier molecular flexibility index (Phi) is 4.02. The van der Waals surface area contributed by atoms with Crippen LogP contribution >= 0.6 is 0 Å². The minimum absolute atomic E-state index is 0.0250. The highest BCUT2D eigenvalue weighted by Gasteiger charge is 2.33. The molecule has 0 aliphatic heterocycles. The standard InChI is InChI=1S/C16H13F3O2/c1-10(20)11-7-8-13(15(9-11)21-2)12-5-3-4-6-14(12)16(17,18)19/h3-9H,1-2H3. The highest BCUT2D eigenvalue weighted by Crippen LogP contribution is 2.40. The Balaban J connectivity index is 2.65. The van der Waals surface area contributed by atoms with E-state index in [0.29, 0.717) is 11.1 Å². The van der Waals surface area contributed by atoms with Crippen molar-refractivity contribution in [3.63, 3.8) is 0 Å². The molecule has 2 aromatic carbocycles. The maximum Gasteiger partial charge on any atom is 0.417 e. The van der Waals surface area contributed by atoms with Crippen LogP contribution in [0.1, 0.15) is 22.8 Å². The Hall–Kier alpha value is -2.30. The molecule has 2 rings (SSSR count). The molecule has 0 atom stereocenters. The molecule has 2 nitrogen and oxygen atoms in total. The minimum Gasteiger partial charge on any atom is -0.496 e. The zero-order chi connectivity index (χ0) is 15.6. The number of rotatable bonds is 3. The molecule has 0 unspecified atom stereocenters. The highest BCUT2D eigenvalue weighted by atomic mass is 19.4. The number of Topliss-reactive ketones (excluding diaryl/α,β-unsaturated/α-hetero) is 1. The van der Waals surface area contributed by atoms with E-state index in [4.69, 9.17) is 4.74 Å². The van der Waals surface area contributed by atoms with Crippen LogP contribution < -0.4 is 4.74 Å². The minimum atomic E-state index is -4.46. The summed E-state index contributed by atoms with van der Waals surface area (Å²) in [4.78, 5) is 11.4. The number of alkyl halides is 3. The molecule has 0 fully saturated rings. The molecule has 0 aliphatic rings. The summed E-state index contributed by atoms with van der Waals surface area (Å²) in [5.41, 5.74) is -0.0219. The first kappa shape index (κ1) is 15.1. The van der Waals surface area contributed by atoms with Crippen LogP contribution in [0.4, 0.5) is 13.2 Å². The summed E-state index contributed by atoms with van der Waals surface area (Å²) in [6, 6.07) is 9.69. The van der Waals surface area contributed by atoms with Crippen molar-refractivity contribution in [2.45, 2.75) is 13.1 Å². The number of ether oxygens (including phenoxy) is 1. The molecule has 5 heteroatoms. The average Bonchev–Trinajstić information content (AvgIpc) is 2.45. The summed E-state index contributed by atoms with van der Waals surface area (Å²) in [5, 5.41) is 0. The molecule has 0 saturated heterocycles. The number of hydrogen-bond acceptors (Lipinski definition) is 2. The van der Waals surface area contributed by atoms with E-state index in [0.717, 1.165) is 6.07 Å². The molecule has 21 heavy (non-hydrogen) atoms. The number of hydrogen-bond donors (Lipinski definition) is 0. The average molecular weight is 294 g/mol. The van der Waals surface area contributed by atoms with Gasteiger partial charge in [0.2, 0.25) is 0 Å². The maximum atomic E-state index is 13.1.